The number of aryl methyl sites for hydroxylation is 1. The summed E-state index contributed by atoms with van der Waals surface area (Å²) >= 11 is 0. The summed E-state index contributed by atoms with van der Waals surface area (Å²) < 4.78 is 5.55. The molecule has 0 N–H and O–H groups in total. The topological polar surface area (TPSA) is 26.3 Å². The first kappa shape index (κ1) is 26.5. The predicted molar refractivity (Wildman–Crippen MR) is 145 cm³/mol. The van der Waals surface area contributed by atoms with Crippen LogP contribution in [-0.2, 0) is 10.2 Å². The zero-order valence-electron chi connectivity index (χ0n) is 22.0. The summed E-state index contributed by atoms with van der Waals surface area (Å²) in [6.45, 7) is 6.80. The van der Waals surface area contributed by atoms with E-state index in [0.29, 0.717) is 17.6 Å². The Morgan fingerprint density at radius 3 is 2.12 bits per heavy atom. The van der Waals surface area contributed by atoms with Crippen LogP contribution in [0.5, 0.6) is 5.75 Å². The number of unbranched alkanes of at least 4 members (excludes halogenated alkanes) is 6. The number of ether oxygens (including phenoxy) is 1. The van der Waals surface area contributed by atoms with Crippen LogP contribution in [-0.4, -0.2) is 5.97 Å². The third-order valence-electron chi connectivity index (χ3n) is 7.77. The van der Waals surface area contributed by atoms with Gasteiger partial charge in [0.1, 0.15) is 5.75 Å². The Hall–Kier alpha value is -2.09. The van der Waals surface area contributed by atoms with E-state index in [1.54, 1.807) is 5.56 Å². The van der Waals surface area contributed by atoms with Gasteiger partial charge in [-0.1, -0.05) is 108 Å². The Morgan fingerprint density at radius 1 is 0.794 bits per heavy atom. The van der Waals surface area contributed by atoms with Crippen molar-refractivity contribution < 1.29 is 9.53 Å². The van der Waals surface area contributed by atoms with Crippen molar-refractivity contribution in [1.82, 2.24) is 0 Å². The summed E-state index contributed by atoms with van der Waals surface area (Å²) in [4.78, 5) is 12.1. The second kappa shape index (κ2) is 13.7. The Balaban J connectivity index is 1.64. The van der Waals surface area contributed by atoms with Crippen LogP contribution < -0.4 is 4.74 Å². The summed E-state index contributed by atoms with van der Waals surface area (Å²) in [6.07, 6.45) is 18.3. The molecule has 0 spiro atoms. The number of carbonyl (C=O) groups excluding carboxylic acids is 1. The molecule has 2 aromatic carbocycles. The lowest BCUT2D eigenvalue weighted by Gasteiger charge is -2.39. The molecule has 0 aliphatic heterocycles. The Bertz CT molecular complexity index is 874. The average Bonchev–Trinajstić information content (AvgIpc) is 2.85. The molecule has 0 heterocycles. The van der Waals surface area contributed by atoms with Crippen molar-refractivity contribution in [2.45, 2.75) is 122 Å². The molecule has 2 nitrogen and oxygen atoms in total. The zero-order chi connectivity index (χ0) is 24.2. The molecule has 0 aromatic heterocycles. The molecular formula is C32H46O2. The van der Waals surface area contributed by atoms with E-state index in [2.05, 4.69) is 51.1 Å². The second-order valence-electron chi connectivity index (χ2n) is 10.5. The number of carbonyl (C=O) groups is 1. The molecule has 1 saturated carbocycles. The van der Waals surface area contributed by atoms with Crippen molar-refractivity contribution in [3.8, 4) is 16.9 Å². The van der Waals surface area contributed by atoms with E-state index in [0.717, 1.165) is 12.8 Å². The van der Waals surface area contributed by atoms with Gasteiger partial charge < -0.3 is 4.74 Å². The summed E-state index contributed by atoms with van der Waals surface area (Å²) in [6, 6.07) is 15.1. The summed E-state index contributed by atoms with van der Waals surface area (Å²) in [5.74, 6) is 0.526. The van der Waals surface area contributed by atoms with Gasteiger partial charge in [0.2, 0.25) is 0 Å². The van der Waals surface area contributed by atoms with Crippen LogP contribution in [0.3, 0.4) is 0 Å². The fraction of sp³-hybridized carbons (Fsp3) is 0.594. The normalized spacial score (nSPS) is 15.3. The third kappa shape index (κ3) is 7.45. The number of rotatable bonds is 13. The highest BCUT2D eigenvalue weighted by molar-refractivity contribution is 5.73. The van der Waals surface area contributed by atoms with Crippen molar-refractivity contribution >= 4 is 5.97 Å². The molecule has 0 atom stereocenters. The van der Waals surface area contributed by atoms with E-state index in [1.165, 1.54) is 93.7 Å². The van der Waals surface area contributed by atoms with Crippen LogP contribution in [0.15, 0.2) is 42.5 Å². The highest BCUT2D eigenvalue weighted by atomic mass is 16.5. The van der Waals surface area contributed by atoms with Crippen LogP contribution >= 0.6 is 0 Å². The van der Waals surface area contributed by atoms with Crippen LogP contribution in [0.25, 0.3) is 11.1 Å². The Morgan fingerprint density at radius 2 is 1.44 bits per heavy atom. The lowest BCUT2D eigenvalue weighted by molar-refractivity contribution is -0.134. The number of esters is 1. The van der Waals surface area contributed by atoms with Crippen molar-refractivity contribution in [3.63, 3.8) is 0 Å². The minimum atomic E-state index is -0.120. The van der Waals surface area contributed by atoms with Gasteiger partial charge in [-0.3, -0.25) is 4.79 Å². The predicted octanol–water partition coefficient (Wildman–Crippen LogP) is 9.71. The first-order chi connectivity index (χ1) is 16.6. The van der Waals surface area contributed by atoms with E-state index >= 15 is 0 Å². The van der Waals surface area contributed by atoms with E-state index < -0.39 is 0 Å². The fourth-order valence-corrected chi connectivity index (χ4v) is 5.81. The lowest BCUT2D eigenvalue weighted by Crippen LogP contribution is -2.30. The molecule has 0 radical (unpaired) electrons. The van der Waals surface area contributed by atoms with Gasteiger partial charge in [0, 0.05) is 6.42 Å². The molecule has 0 bridgehead atoms. The van der Waals surface area contributed by atoms with Crippen LogP contribution in [0.4, 0.5) is 0 Å². The molecule has 3 rings (SSSR count). The largest absolute Gasteiger partial charge is 0.427 e. The highest BCUT2D eigenvalue weighted by Crippen LogP contribution is 2.45. The summed E-state index contributed by atoms with van der Waals surface area (Å²) in [5, 5.41) is 0. The molecule has 1 aliphatic rings. The standard InChI is InChI=1S/C32H46O2/c1-4-6-8-9-11-15-31(33)34-29-19-16-27(17-20-29)28-18-21-30(26(3)25-28)32(22-12-7-5-2)23-13-10-14-24-32/h16-21,25H,4-15,22-24H2,1-3H3. The first-order valence-electron chi connectivity index (χ1n) is 14.0. The number of hydrogen-bond acceptors (Lipinski definition) is 2. The molecular weight excluding hydrogens is 416 g/mol. The molecule has 34 heavy (non-hydrogen) atoms. The van der Waals surface area contributed by atoms with Gasteiger partial charge in [-0.05, 0) is 72.4 Å². The average molecular weight is 463 g/mol. The number of hydrogen-bond donors (Lipinski definition) is 0. The van der Waals surface area contributed by atoms with Gasteiger partial charge >= 0.3 is 5.97 Å². The maximum absolute atomic E-state index is 12.1. The molecule has 2 heteroatoms. The van der Waals surface area contributed by atoms with Crippen molar-refractivity contribution in [3.05, 3.63) is 53.6 Å². The maximum Gasteiger partial charge on any atom is 0.311 e. The second-order valence-corrected chi connectivity index (χ2v) is 10.5. The van der Waals surface area contributed by atoms with Crippen LogP contribution in [0.1, 0.15) is 121 Å². The monoisotopic (exact) mass is 462 g/mol. The lowest BCUT2D eigenvalue weighted by atomic mass is 9.65. The van der Waals surface area contributed by atoms with E-state index in [-0.39, 0.29) is 5.97 Å². The van der Waals surface area contributed by atoms with E-state index in [9.17, 15) is 4.79 Å². The third-order valence-corrected chi connectivity index (χ3v) is 7.77. The smallest absolute Gasteiger partial charge is 0.311 e. The molecule has 2 aromatic rings. The molecule has 0 unspecified atom stereocenters. The molecule has 0 amide bonds. The van der Waals surface area contributed by atoms with E-state index in [4.69, 9.17) is 4.74 Å². The van der Waals surface area contributed by atoms with Crippen LogP contribution in [0, 0.1) is 6.92 Å². The van der Waals surface area contributed by atoms with Gasteiger partial charge in [-0.25, -0.2) is 0 Å². The van der Waals surface area contributed by atoms with Gasteiger partial charge in [0.25, 0.3) is 0 Å². The molecule has 186 valence electrons. The Kier molecular flexibility index (Phi) is 10.7. The van der Waals surface area contributed by atoms with Crippen molar-refractivity contribution in [2.24, 2.45) is 0 Å². The molecule has 0 saturated heterocycles. The van der Waals surface area contributed by atoms with Gasteiger partial charge in [0.05, 0.1) is 0 Å². The van der Waals surface area contributed by atoms with Gasteiger partial charge in [-0.15, -0.1) is 0 Å². The number of benzene rings is 2. The molecule has 1 aliphatic carbocycles. The highest BCUT2D eigenvalue weighted by Gasteiger charge is 2.34. The fourth-order valence-electron chi connectivity index (χ4n) is 5.81. The van der Waals surface area contributed by atoms with E-state index in [1.807, 2.05) is 12.1 Å². The minimum absolute atomic E-state index is 0.120. The molecule has 1 fully saturated rings. The maximum atomic E-state index is 12.1. The zero-order valence-corrected chi connectivity index (χ0v) is 22.0. The van der Waals surface area contributed by atoms with Crippen molar-refractivity contribution in [2.75, 3.05) is 0 Å². The van der Waals surface area contributed by atoms with Gasteiger partial charge in [0.15, 0.2) is 0 Å². The Labute approximate surface area is 208 Å². The SMILES string of the molecule is CCCCCCCC(=O)Oc1ccc(-c2ccc(C3(CCCCC)CCCCC3)c(C)c2)cc1. The first-order valence-corrected chi connectivity index (χ1v) is 14.0. The quantitative estimate of drug-likeness (QED) is 0.168. The van der Waals surface area contributed by atoms with Crippen LogP contribution in [0.2, 0.25) is 0 Å². The van der Waals surface area contributed by atoms with Crippen molar-refractivity contribution in [1.29, 1.82) is 0 Å². The summed E-state index contributed by atoms with van der Waals surface area (Å²) in [7, 11) is 0. The summed E-state index contributed by atoms with van der Waals surface area (Å²) in [5.41, 5.74) is 5.81. The van der Waals surface area contributed by atoms with Gasteiger partial charge in [-0.2, -0.15) is 0 Å². The minimum Gasteiger partial charge on any atom is -0.427 e.